The van der Waals surface area contributed by atoms with Crippen LogP contribution >= 0.6 is 12.2 Å². The highest BCUT2D eigenvalue weighted by atomic mass is 32.1. The minimum Gasteiger partial charge on any atom is -0.378 e. The van der Waals surface area contributed by atoms with Crippen LogP contribution in [0.1, 0.15) is 25.8 Å². The summed E-state index contributed by atoms with van der Waals surface area (Å²) in [6.45, 7) is 2.79. The average molecular weight is 276 g/mol. The summed E-state index contributed by atoms with van der Waals surface area (Å²) in [7, 11) is 0. The standard InChI is InChI=1S/C13H16N4OS/c1-2-18-10-7-9(8-10)17-12(15-16-13(17)19)11-5-3-4-6-14-11/h3-6,9-10H,2,7-8H2,1H3,(H,16,19). The molecule has 2 aromatic heterocycles. The predicted octanol–water partition coefficient (Wildman–Crippen LogP) is 2.74. The second-order valence-corrected chi connectivity index (χ2v) is 5.03. The lowest BCUT2D eigenvalue weighted by atomic mass is 9.89. The van der Waals surface area contributed by atoms with Crippen molar-refractivity contribution in [1.82, 2.24) is 19.7 Å². The number of hydrogen-bond acceptors (Lipinski definition) is 4. The highest BCUT2D eigenvalue weighted by molar-refractivity contribution is 7.71. The number of aromatic amines is 1. The van der Waals surface area contributed by atoms with E-state index in [9.17, 15) is 0 Å². The SMILES string of the molecule is CCOC1CC(n2c(-c3ccccn3)n[nH]c2=S)C1. The minimum atomic E-state index is 0.350. The van der Waals surface area contributed by atoms with Crippen LogP contribution in [0.4, 0.5) is 0 Å². The summed E-state index contributed by atoms with van der Waals surface area (Å²) in [5.74, 6) is 0.811. The molecule has 2 aromatic rings. The lowest BCUT2D eigenvalue weighted by Crippen LogP contribution is -2.33. The molecule has 1 saturated carbocycles. The van der Waals surface area contributed by atoms with Gasteiger partial charge in [-0.2, -0.15) is 5.10 Å². The van der Waals surface area contributed by atoms with Crippen LogP contribution in [0.25, 0.3) is 11.5 Å². The molecule has 19 heavy (non-hydrogen) atoms. The van der Waals surface area contributed by atoms with Crippen molar-refractivity contribution < 1.29 is 4.74 Å². The topological polar surface area (TPSA) is 55.7 Å². The molecule has 0 aliphatic heterocycles. The van der Waals surface area contributed by atoms with Crippen LogP contribution in [0.3, 0.4) is 0 Å². The number of pyridine rings is 1. The molecule has 1 aliphatic rings. The number of nitrogens with one attached hydrogen (secondary N) is 1. The Kier molecular flexibility index (Phi) is 3.44. The van der Waals surface area contributed by atoms with Crippen LogP contribution in [0.5, 0.6) is 0 Å². The maximum atomic E-state index is 5.60. The van der Waals surface area contributed by atoms with Crippen LogP contribution in [0.2, 0.25) is 0 Å². The summed E-state index contributed by atoms with van der Waals surface area (Å²) in [6, 6.07) is 6.15. The Morgan fingerprint density at radius 1 is 1.47 bits per heavy atom. The molecule has 1 N–H and O–H groups in total. The summed E-state index contributed by atoms with van der Waals surface area (Å²) in [5.41, 5.74) is 0.842. The lowest BCUT2D eigenvalue weighted by Gasteiger charge is -2.36. The van der Waals surface area contributed by atoms with Crippen molar-refractivity contribution in [3.63, 3.8) is 0 Å². The molecule has 0 atom stereocenters. The van der Waals surface area contributed by atoms with Crippen molar-refractivity contribution >= 4 is 12.2 Å². The molecule has 6 heteroatoms. The monoisotopic (exact) mass is 276 g/mol. The van der Waals surface area contributed by atoms with E-state index >= 15 is 0 Å². The van der Waals surface area contributed by atoms with Crippen LogP contribution in [0.15, 0.2) is 24.4 Å². The number of nitrogens with zero attached hydrogens (tertiary/aromatic N) is 3. The first-order valence-electron chi connectivity index (χ1n) is 6.49. The van der Waals surface area contributed by atoms with Crippen molar-refractivity contribution in [2.75, 3.05) is 6.61 Å². The summed E-state index contributed by atoms with van der Waals surface area (Å²) >= 11 is 5.33. The first-order valence-corrected chi connectivity index (χ1v) is 6.90. The predicted molar refractivity (Wildman–Crippen MR) is 74.3 cm³/mol. The van der Waals surface area contributed by atoms with Crippen LogP contribution in [0, 0.1) is 4.77 Å². The van der Waals surface area contributed by atoms with Crippen molar-refractivity contribution in [3.05, 3.63) is 29.2 Å². The van der Waals surface area contributed by atoms with Gasteiger partial charge in [0.15, 0.2) is 10.6 Å². The summed E-state index contributed by atoms with van der Waals surface area (Å²) in [5, 5.41) is 7.17. The largest absolute Gasteiger partial charge is 0.378 e. The van der Waals surface area contributed by atoms with Crippen molar-refractivity contribution in [3.8, 4) is 11.5 Å². The van der Waals surface area contributed by atoms with Crippen molar-refractivity contribution in [2.24, 2.45) is 0 Å². The van der Waals surface area contributed by atoms with Gasteiger partial charge in [0.25, 0.3) is 0 Å². The zero-order valence-corrected chi connectivity index (χ0v) is 11.6. The molecule has 0 amide bonds. The fourth-order valence-corrected chi connectivity index (χ4v) is 2.72. The Morgan fingerprint density at radius 3 is 3.00 bits per heavy atom. The van der Waals surface area contributed by atoms with E-state index in [-0.39, 0.29) is 0 Å². The first kappa shape index (κ1) is 12.5. The van der Waals surface area contributed by atoms with Crippen LogP contribution < -0.4 is 0 Å². The van der Waals surface area contributed by atoms with Crippen LogP contribution in [-0.2, 0) is 4.74 Å². The Bertz CT molecular complexity index is 601. The molecule has 0 aromatic carbocycles. The number of hydrogen-bond donors (Lipinski definition) is 1. The number of aromatic nitrogens is 4. The highest BCUT2D eigenvalue weighted by Crippen LogP contribution is 2.36. The van der Waals surface area contributed by atoms with E-state index in [1.165, 1.54) is 0 Å². The zero-order chi connectivity index (χ0) is 13.2. The van der Waals surface area contributed by atoms with E-state index in [0.29, 0.717) is 16.9 Å². The van der Waals surface area contributed by atoms with E-state index < -0.39 is 0 Å². The van der Waals surface area contributed by atoms with E-state index in [2.05, 4.69) is 19.7 Å². The van der Waals surface area contributed by atoms with Gasteiger partial charge < -0.3 is 4.74 Å². The summed E-state index contributed by atoms with van der Waals surface area (Å²) in [6.07, 6.45) is 4.09. The van der Waals surface area contributed by atoms with Gasteiger partial charge >= 0.3 is 0 Å². The summed E-state index contributed by atoms with van der Waals surface area (Å²) < 4.78 is 8.31. The number of H-pyrrole nitrogens is 1. The van der Waals surface area contributed by atoms with E-state index in [1.807, 2.05) is 25.1 Å². The molecule has 2 heterocycles. The van der Waals surface area contributed by atoms with E-state index in [4.69, 9.17) is 17.0 Å². The second-order valence-electron chi connectivity index (χ2n) is 4.64. The maximum Gasteiger partial charge on any atom is 0.195 e. The normalized spacial score (nSPS) is 22.2. The molecule has 5 nitrogen and oxygen atoms in total. The molecular formula is C13H16N4OS. The average Bonchev–Trinajstić information content (AvgIpc) is 2.76. The van der Waals surface area contributed by atoms with Gasteiger partial charge in [0, 0.05) is 18.8 Å². The van der Waals surface area contributed by atoms with Crippen molar-refractivity contribution in [1.29, 1.82) is 0 Å². The van der Waals surface area contributed by atoms with Gasteiger partial charge in [-0.1, -0.05) is 6.07 Å². The molecule has 100 valence electrons. The van der Waals surface area contributed by atoms with E-state index in [0.717, 1.165) is 31.0 Å². The van der Waals surface area contributed by atoms with Gasteiger partial charge in [0.05, 0.1) is 6.10 Å². The maximum absolute atomic E-state index is 5.60. The molecule has 0 bridgehead atoms. The zero-order valence-electron chi connectivity index (χ0n) is 10.7. The smallest absolute Gasteiger partial charge is 0.195 e. The molecule has 0 spiro atoms. The van der Waals surface area contributed by atoms with Gasteiger partial charge in [-0.05, 0) is 44.1 Å². The quantitative estimate of drug-likeness (QED) is 0.872. The molecule has 0 unspecified atom stereocenters. The lowest BCUT2D eigenvalue weighted by molar-refractivity contribution is -0.0196. The third kappa shape index (κ3) is 2.33. The van der Waals surface area contributed by atoms with Crippen LogP contribution in [-0.4, -0.2) is 32.5 Å². The van der Waals surface area contributed by atoms with E-state index in [1.54, 1.807) is 6.20 Å². The van der Waals surface area contributed by atoms with Crippen molar-refractivity contribution in [2.45, 2.75) is 31.9 Å². The molecule has 0 saturated heterocycles. The molecule has 1 aliphatic carbocycles. The third-order valence-corrected chi connectivity index (χ3v) is 3.72. The Balaban J connectivity index is 1.87. The fourth-order valence-electron chi connectivity index (χ4n) is 2.44. The third-order valence-electron chi connectivity index (χ3n) is 3.44. The molecule has 3 rings (SSSR count). The Labute approximate surface area is 116 Å². The molecule has 1 fully saturated rings. The number of rotatable bonds is 4. The number of ether oxygens (including phenoxy) is 1. The van der Waals surface area contributed by atoms with Gasteiger partial charge in [0.2, 0.25) is 0 Å². The minimum absolute atomic E-state index is 0.350. The highest BCUT2D eigenvalue weighted by Gasteiger charge is 2.33. The van der Waals surface area contributed by atoms with Gasteiger partial charge in [-0.25, -0.2) is 0 Å². The molecule has 0 radical (unpaired) electrons. The second kappa shape index (κ2) is 5.22. The summed E-state index contributed by atoms with van der Waals surface area (Å²) in [4.78, 5) is 4.34. The Hall–Kier alpha value is -1.53. The Morgan fingerprint density at radius 2 is 2.32 bits per heavy atom. The first-order chi connectivity index (χ1) is 9.29. The van der Waals surface area contributed by atoms with Gasteiger partial charge in [-0.15, -0.1) is 0 Å². The van der Waals surface area contributed by atoms with Gasteiger partial charge in [0.1, 0.15) is 5.69 Å². The molecular weight excluding hydrogens is 260 g/mol. The fraction of sp³-hybridized carbons (Fsp3) is 0.462. The van der Waals surface area contributed by atoms with Gasteiger partial charge in [-0.3, -0.25) is 14.6 Å².